The van der Waals surface area contributed by atoms with Crippen LogP contribution in [0.5, 0.6) is 0 Å². The molecule has 1 unspecified atom stereocenters. The number of hydrogen-bond donors (Lipinski definition) is 1. The monoisotopic (exact) mass is 468 g/mol. The number of benzene rings is 2. The van der Waals surface area contributed by atoms with Crippen LogP contribution >= 0.6 is 0 Å². The highest BCUT2D eigenvalue weighted by molar-refractivity contribution is 6.21. The zero-order valence-electron chi connectivity index (χ0n) is 19.3. The van der Waals surface area contributed by atoms with Gasteiger partial charge in [-0.2, -0.15) is 5.26 Å². The lowest BCUT2D eigenvalue weighted by Gasteiger charge is -2.35. The largest absolute Gasteiger partial charge is 0.328 e. The van der Waals surface area contributed by atoms with E-state index in [0.717, 1.165) is 18.4 Å². The number of fused-ring (bicyclic) bond motifs is 1. The van der Waals surface area contributed by atoms with Gasteiger partial charge < -0.3 is 0 Å². The van der Waals surface area contributed by atoms with E-state index in [1.807, 2.05) is 13.0 Å². The molecule has 1 N–H and O–H groups in total. The van der Waals surface area contributed by atoms with E-state index >= 15 is 0 Å². The van der Waals surface area contributed by atoms with Crippen molar-refractivity contribution >= 4 is 11.8 Å². The summed E-state index contributed by atoms with van der Waals surface area (Å²) in [6.45, 7) is 2.02. The number of rotatable bonds is 4. The third-order valence-electron chi connectivity index (χ3n) is 7.04. The minimum atomic E-state index is -0.543. The molecular weight excluding hydrogens is 444 g/mol. The lowest BCUT2D eigenvalue weighted by Crippen LogP contribution is -2.43. The molecule has 2 amide bonds. The Hall–Kier alpha value is -4.25. The van der Waals surface area contributed by atoms with Crippen molar-refractivity contribution in [3.8, 4) is 6.07 Å². The normalized spacial score (nSPS) is 19.5. The molecule has 3 aromatic rings. The van der Waals surface area contributed by atoms with Crippen molar-refractivity contribution in [2.75, 3.05) is 0 Å². The van der Waals surface area contributed by atoms with Gasteiger partial charge in [-0.05, 0) is 49.9 Å². The standard InChI is InChI=1S/C27H24N4O4/c1-16-9-10-21-22(11-16)26(34)31(25(21)33)20-8-4-7-17(12-20)23-13-24(32)29-27(35)30(23)15-19-6-3-2-5-18(19)14-28/h2-3,5-6,9-11,13,17,20H,4,7-8,12,15H2,1H3,(H,29,32,35)/t17?,20-/m0/s1. The molecule has 1 aliphatic heterocycles. The van der Waals surface area contributed by atoms with Crippen LogP contribution in [0.1, 0.15) is 74.7 Å². The molecule has 0 spiro atoms. The molecule has 0 radical (unpaired) electrons. The molecular formula is C27H24N4O4. The summed E-state index contributed by atoms with van der Waals surface area (Å²) in [5.41, 5.74) is 2.42. The lowest BCUT2D eigenvalue weighted by molar-refractivity contribution is 0.0538. The fourth-order valence-corrected chi connectivity index (χ4v) is 5.35. The fourth-order valence-electron chi connectivity index (χ4n) is 5.35. The number of imide groups is 1. The molecule has 1 aromatic heterocycles. The maximum absolute atomic E-state index is 13.2. The van der Waals surface area contributed by atoms with Gasteiger partial charge in [0.05, 0.1) is 29.3 Å². The summed E-state index contributed by atoms with van der Waals surface area (Å²) in [5.74, 6) is -0.767. The number of nitrogens with one attached hydrogen (secondary N) is 1. The van der Waals surface area contributed by atoms with E-state index in [0.29, 0.717) is 40.8 Å². The smallest absolute Gasteiger partial charge is 0.293 e. The molecule has 2 atom stereocenters. The minimum Gasteiger partial charge on any atom is -0.293 e. The highest BCUT2D eigenvalue weighted by Crippen LogP contribution is 2.37. The summed E-state index contributed by atoms with van der Waals surface area (Å²) >= 11 is 0. The topological polar surface area (TPSA) is 116 Å². The number of aryl methyl sites for hydroxylation is 1. The highest BCUT2D eigenvalue weighted by atomic mass is 16.2. The first-order valence-electron chi connectivity index (χ1n) is 11.7. The summed E-state index contributed by atoms with van der Waals surface area (Å²) < 4.78 is 1.50. The van der Waals surface area contributed by atoms with E-state index in [9.17, 15) is 24.4 Å². The predicted octanol–water partition coefficient (Wildman–Crippen LogP) is 3.09. The van der Waals surface area contributed by atoms with Crippen molar-refractivity contribution in [2.45, 2.75) is 51.1 Å². The molecule has 2 aliphatic rings. The number of aromatic nitrogens is 2. The van der Waals surface area contributed by atoms with Gasteiger partial charge in [-0.15, -0.1) is 0 Å². The third kappa shape index (κ3) is 3.99. The average molecular weight is 469 g/mol. The molecule has 1 aliphatic carbocycles. The number of carbonyl (C=O) groups is 2. The summed E-state index contributed by atoms with van der Waals surface area (Å²) in [7, 11) is 0. The third-order valence-corrected chi connectivity index (χ3v) is 7.04. The van der Waals surface area contributed by atoms with Crippen LogP contribution in [0.2, 0.25) is 0 Å². The van der Waals surface area contributed by atoms with Gasteiger partial charge in [0.1, 0.15) is 0 Å². The van der Waals surface area contributed by atoms with Gasteiger partial charge in [0.25, 0.3) is 17.4 Å². The zero-order valence-corrected chi connectivity index (χ0v) is 19.3. The molecule has 1 saturated carbocycles. The van der Waals surface area contributed by atoms with E-state index in [-0.39, 0.29) is 30.3 Å². The number of carbonyl (C=O) groups excluding carboxylic acids is 2. The Morgan fingerprint density at radius 3 is 2.57 bits per heavy atom. The zero-order chi connectivity index (χ0) is 24.7. The van der Waals surface area contributed by atoms with Crippen molar-refractivity contribution in [3.05, 3.63) is 103 Å². The van der Waals surface area contributed by atoms with Crippen molar-refractivity contribution in [1.82, 2.24) is 14.5 Å². The van der Waals surface area contributed by atoms with Crippen LogP contribution in [0.15, 0.2) is 58.1 Å². The summed E-state index contributed by atoms with van der Waals surface area (Å²) in [6.07, 6.45) is 2.61. The Morgan fingerprint density at radius 2 is 1.77 bits per heavy atom. The van der Waals surface area contributed by atoms with Gasteiger partial charge in [-0.25, -0.2) is 4.79 Å². The molecule has 0 bridgehead atoms. The van der Waals surface area contributed by atoms with Crippen LogP contribution in [0.3, 0.4) is 0 Å². The maximum atomic E-state index is 13.2. The second-order valence-corrected chi connectivity index (χ2v) is 9.27. The number of aromatic amines is 1. The fraction of sp³-hybridized carbons (Fsp3) is 0.296. The van der Waals surface area contributed by atoms with Crippen LogP contribution in [0.4, 0.5) is 0 Å². The van der Waals surface area contributed by atoms with Crippen molar-refractivity contribution in [3.63, 3.8) is 0 Å². The summed E-state index contributed by atoms with van der Waals surface area (Å²) in [4.78, 5) is 55.0. The molecule has 5 rings (SSSR count). The first-order valence-corrected chi connectivity index (χ1v) is 11.7. The molecule has 1 fully saturated rings. The first kappa shape index (κ1) is 22.5. The van der Waals surface area contributed by atoms with Crippen molar-refractivity contribution < 1.29 is 9.59 Å². The number of H-pyrrole nitrogens is 1. The van der Waals surface area contributed by atoms with Gasteiger partial charge >= 0.3 is 5.69 Å². The Labute approximate surface area is 201 Å². The number of nitriles is 1. The van der Waals surface area contributed by atoms with E-state index in [4.69, 9.17) is 0 Å². The number of nitrogens with zero attached hydrogens (tertiary/aromatic N) is 3. The Morgan fingerprint density at radius 1 is 1.00 bits per heavy atom. The number of hydrogen-bond acceptors (Lipinski definition) is 5. The van der Waals surface area contributed by atoms with E-state index in [2.05, 4.69) is 11.1 Å². The minimum absolute atomic E-state index is 0.141. The van der Waals surface area contributed by atoms with Crippen molar-refractivity contribution in [2.24, 2.45) is 0 Å². The van der Waals surface area contributed by atoms with E-state index < -0.39 is 11.2 Å². The second-order valence-electron chi connectivity index (χ2n) is 9.27. The highest BCUT2D eigenvalue weighted by Gasteiger charge is 2.42. The van der Waals surface area contributed by atoms with E-state index in [1.54, 1.807) is 36.4 Å². The molecule has 2 heterocycles. The molecule has 0 saturated heterocycles. The van der Waals surface area contributed by atoms with Crippen LogP contribution in [-0.4, -0.2) is 32.3 Å². The number of amides is 2. The predicted molar refractivity (Wildman–Crippen MR) is 128 cm³/mol. The van der Waals surface area contributed by atoms with Crippen molar-refractivity contribution in [1.29, 1.82) is 5.26 Å². The summed E-state index contributed by atoms with van der Waals surface area (Å²) in [5, 5.41) is 9.46. The first-order chi connectivity index (χ1) is 16.9. The van der Waals surface area contributed by atoms with Gasteiger partial charge in [-0.1, -0.05) is 36.2 Å². The lowest BCUT2D eigenvalue weighted by atomic mass is 9.82. The van der Waals surface area contributed by atoms with E-state index in [1.165, 1.54) is 15.5 Å². The van der Waals surface area contributed by atoms with Crippen LogP contribution in [0.25, 0.3) is 0 Å². The Kier molecular flexibility index (Phi) is 5.69. The van der Waals surface area contributed by atoms with Crippen LogP contribution in [-0.2, 0) is 6.54 Å². The maximum Gasteiger partial charge on any atom is 0.328 e. The Bertz CT molecular complexity index is 1510. The van der Waals surface area contributed by atoms with Gasteiger partial charge in [0.15, 0.2) is 0 Å². The molecule has 35 heavy (non-hydrogen) atoms. The quantitative estimate of drug-likeness (QED) is 0.591. The molecule has 176 valence electrons. The van der Waals surface area contributed by atoms with Gasteiger partial charge in [0, 0.05) is 23.7 Å². The van der Waals surface area contributed by atoms with Crippen LogP contribution in [0, 0.1) is 18.3 Å². The SMILES string of the molecule is Cc1ccc2c(c1)C(=O)N([C@H]1CCCC(c3cc(=O)[nH]c(=O)n3Cc3ccccc3C#N)C1)C2=O. The molecule has 2 aromatic carbocycles. The molecule has 8 heteroatoms. The molecule has 8 nitrogen and oxygen atoms in total. The summed E-state index contributed by atoms with van der Waals surface area (Å²) in [6, 6.07) is 15.5. The van der Waals surface area contributed by atoms with Gasteiger partial charge in [-0.3, -0.25) is 28.8 Å². The Balaban J connectivity index is 1.48. The van der Waals surface area contributed by atoms with Crippen LogP contribution < -0.4 is 11.2 Å². The average Bonchev–Trinajstić information content (AvgIpc) is 3.10. The second kappa shape index (κ2) is 8.84. The van der Waals surface area contributed by atoms with Gasteiger partial charge in [0.2, 0.25) is 0 Å².